The molecular formula is C12H17N3O4. The predicted molar refractivity (Wildman–Crippen MR) is 70.8 cm³/mol. The summed E-state index contributed by atoms with van der Waals surface area (Å²) in [5, 5.41) is 20.3. The van der Waals surface area contributed by atoms with E-state index < -0.39 is 10.5 Å². The molecule has 0 fully saturated rings. The Labute approximate surface area is 110 Å². The Hall–Kier alpha value is -2.15. The zero-order valence-corrected chi connectivity index (χ0v) is 11.1. The maximum atomic E-state index is 12.0. The number of amides is 1. The first-order valence-corrected chi connectivity index (χ1v) is 5.63. The summed E-state index contributed by atoms with van der Waals surface area (Å²) in [6.45, 7) is 3.31. The molecule has 0 bridgehead atoms. The third-order valence-electron chi connectivity index (χ3n) is 2.44. The van der Waals surface area contributed by atoms with Crippen molar-refractivity contribution < 1.29 is 14.8 Å². The van der Waals surface area contributed by atoms with Gasteiger partial charge in [-0.1, -0.05) is 0 Å². The van der Waals surface area contributed by atoms with Crippen LogP contribution in [0.25, 0.3) is 0 Å². The Morgan fingerprint density at radius 1 is 1.53 bits per heavy atom. The van der Waals surface area contributed by atoms with Crippen LogP contribution in [-0.2, 0) is 0 Å². The van der Waals surface area contributed by atoms with E-state index in [1.54, 1.807) is 13.8 Å². The molecule has 1 aromatic rings. The first-order chi connectivity index (χ1) is 8.61. The third kappa shape index (κ3) is 3.92. The standard InChI is InChI=1S/C12H17N3O4/c1-12(2,17)7-14(3)11(16)8-4-5-10(15(18)19)9(13)6-8/h4-6,17H,7,13H2,1-3H3. The molecule has 0 spiro atoms. The monoisotopic (exact) mass is 267 g/mol. The van der Waals surface area contributed by atoms with Gasteiger partial charge in [0.2, 0.25) is 0 Å². The number of hydrogen-bond acceptors (Lipinski definition) is 5. The quantitative estimate of drug-likeness (QED) is 0.481. The number of benzene rings is 1. The van der Waals surface area contributed by atoms with Crippen LogP contribution in [0.4, 0.5) is 11.4 Å². The summed E-state index contributed by atoms with van der Waals surface area (Å²) in [5.41, 5.74) is 4.46. The molecule has 0 aliphatic heterocycles. The molecule has 0 unspecified atom stereocenters. The number of carbonyl (C=O) groups excluding carboxylic acids is 1. The number of rotatable bonds is 4. The fourth-order valence-corrected chi connectivity index (χ4v) is 1.73. The van der Waals surface area contributed by atoms with Crippen molar-refractivity contribution in [1.82, 2.24) is 4.90 Å². The molecule has 0 aliphatic rings. The molecule has 7 heteroatoms. The lowest BCUT2D eigenvalue weighted by atomic mass is 10.1. The summed E-state index contributed by atoms with van der Waals surface area (Å²) < 4.78 is 0. The van der Waals surface area contributed by atoms with E-state index in [2.05, 4.69) is 0 Å². The average molecular weight is 267 g/mol. The van der Waals surface area contributed by atoms with Crippen molar-refractivity contribution in [3.05, 3.63) is 33.9 Å². The number of nitro groups is 1. The van der Waals surface area contributed by atoms with E-state index in [-0.39, 0.29) is 29.4 Å². The first kappa shape index (κ1) is 14.9. The Bertz CT molecular complexity index is 508. The second kappa shape index (κ2) is 5.23. The molecule has 0 saturated heterocycles. The number of nitrogens with two attached hydrogens (primary N) is 1. The summed E-state index contributed by atoms with van der Waals surface area (Å²) in [6.07, 6.45) is 0. The molecule has 0 radical (unpaired) electrons. The van der Waals surface area contributed by atoms with Gasteiger partial charge in [0, 0.05) is 25.2 Å². The van der Waals surface area contributed by atoms with Crippen molar-refractivity contribution in [2.45, 2.75) is 19.4 Å². The predicted octanol–water partition coefficient (Wildman–Crippen LogP) is 1.02. The van der Waals surface area contributed by atoms with Crippen molar-refractivity contribution in [2.75, 3.05) is 19.3 Å². The van der Waals surface area contributed by atoms with Gasteiger partial charge in [0.05, 0.1) is 10.5 Å². The lowest BCUT2D eigenvalue weighted by molar-refractivity contribution is -0.383. The SMILES string of the molecule is CN(CC(C)(C)O)C(=O)c1ccc([N+](=O)[O-])c(N)c1. The van der Waals surface area contributed by atoms with E-state index in [9.17, 15) is 20.0 Å². The van der Waals surface area contributed by atoms with Gasteiger partial charge < -0.3 is 15.7 Å². The van der Waals surface area contributed by atoms with Crippen LogP contribution in [-0.4, -0.2) is 40.0 Å². The van der Waals surface area contributed by atoms with Crippen LogP contribution < -0.4 is 5.73 Å². The second-order valence-electron chi connectivity index (χ2n) is 5.00. The van der Waals surface area contributed by atoms with E-state index in [0.29, 0.717) is 0 Å². The lowest BCUT2D eigenvalue weighted by Crippen LogP contribution is -2.39. The fraction of sp³-hybridized carbons (Fsp3) is 0.417. The van der Waals surface area contributed by atoms with Crippen LogP contribution >= 0.6 is 0 Å². The van der Waals surface area contributed by atoms with E-state index in [4.69, 9.17) is 5.73 Å². The molecule has 3 N–H and O–H groups in total. The molecule has 0 aromatic heterocycles. The zero-order chi connectivity index (χ0) is 14.8. The summed E-state index contributed by atoms with van der Waals surface area (Å²) in [4.78, 5) is 23.4. The smallest absolute Gasteiger partial charge is 0.292 e. The summed E-state index contributed by atoms with van der Waals surface area (Å²) >= 11 is 0. The average Bonchev–Trinajstić information content (AvgIpc) is 2.24. The number of aliphatic hydroxyl groups is 1. The normalized spacial score (nSPS) is 11.2. The molecular weight excluding hydrogens is 250 g/mol. The van der Waals surface area contributed by atoms with Gasteiger partial charge in [-0.15, -0.1) is 0 Å². The lowest BCUT2D eigenvalue weighted by Gasteiger charge is -2.25. The molecule has 1 rings (SSSR count). The van der Waals surface area contributed by atoms with Crippen molar-refractivity contribution in [2.24, 2.45) is 0 Å². The minimum atomic E-state index is -1.02. The highest BCUT2D eigenvalue weighted by Crippen LogP contribution is 2.22. The van der Waals surface area contributed by atoms with Gasteiger partial charge in [-0.05, 0) is 26.0 Å². The Morgan fingerprint density at radius 2 is 2.11 bits per heavy atom. The highest BCUT2D eigenvalue weighted by molar-refractivity contribution is 5.95. The Balaban J connectivity index is 2.95. The Kier molecular flexibility index (Phi) is 4.10. The van der Waals surface area contributed by atoms with Crippen LogP contribution in [0.15, 0.2) is 18.2 Å². The number of likely N-dealkylation sites (N-methyl/N-ethyl adjacent to an activating group) is 1. The van der Waals surface area contributed by atoms with Crippen molar-refractivity contribution in [3.8, 4) is 0 Å². The maximum Gasteiger partial charge on any atom is 0.292 e. The second-order valence-corrected chi connectivity index (χ2v) is 5.00. The molecule has 0 atom stereocenters. The Morgan fingerprint density at radius 3 is 2.53 bits per heavy atom. The minimum Gasteiger partial charge on any atom is -0.393 e. The van der Waals surface area contributed by atoms with Crippen molar-refractivity contribution in [1.29, 1.82) is 0 Å². The van der Waals surface area contributed by atoms with Crippen LogP contribution in [0.2, 0.25) is 0 Å². The third-order valence-corrected chi connectivity index (χ3v) is 2.44. The molecule has 0 saturated carbocycles. The number of carbonyl (C=O) groups is 1. The highest BCUT2D eigenvalue weighted by Gasteiger charge is 2.22. The molecule has 1 amide bonds. The van der Waals surface area contributed by atoms with Crippen molar-refractivity contribution in [3.63, 3.8) is 0 Å². The van der Waals surface area contributed by atoms with Gasteiger partial charge >= 0.3 is 0 Å². The van der Waals surface area contributed by atoms with Crippen LogP contribution in [0, 0.1) is 10.1 Å². The van der Waals surface area contributed by atoms with E-state index in [1.165, 1.54) is 30.1 Å². The molecule has 0 heterocycles. The van der Waals surface area contributed by atoms with Gasteiger partial charge in [-0.25, -0.2) is 0 Å². The first-order valence-electron chi connectivity index (χ1n) is 5.63. The minimum absolute atomic E-state index is 0.0625. The molecule has 104 valence electrons. The number of nitro benzene ring substituents is 1. The molecule has 0 aliphatic carbocycles. The summed E-state index contributed by atoms with van der Waals surface area (Å²) in [7, 11) is 1.54. The molecule has 19 heavy (non-hydrogen) atoms. The number of nitrogens with zero attached hydrogens (tertiary/aromatic N) is 2. The van der Waals surface area contributed by atoms with E-state index in [0.717, 1.165) is 0 Å². The topological polar surface area (TPSA) is 110 Å². The van der Waals surface area contributed by atoms with E-state index >= 15 is 0 Å². The van der Waals surface area contributed by atoms with Crippen LogP contribution in [0.5, 0.6) is 0 Å². The largest absolute Gasteiger partial charge is 0.393 e. The summed E-state index contributed by atoms with van der Waals surface area (Å²) in [5.74, 6) is -0.358. The van der Waals surface area contributed by atoms with Crippen LogP contribution in [0.3, 0.4) is 0 Å². The number of nitrogen functional groups attached to an aromatic ring is 1. The summed E-state index contributed by atoms with van der Waals surface area (Å²) in [6, 6.07) is 3.81. The number of anilines is 1. The highest BCUT2D eigenvalue weighted by atomic mass is 16.6. The van der Waals surface area contributed by atoms with Gasteiger partial charge in [0.1, 0.15) is 5.69 Å². The zero-order valence-electron chi connectivity index (χ0n) is 11.1. The number of hydrogen-bond donors (Lipinski definition) is 2. The van der Waals surface area contributed by atoms with Gasteiger partial charge in [0.15, 0.2) is 0 Å². The van der Waals surface area contributed by atoms with E-state index in [1.807, 2.05) is 0 Å². The fourth-order valence-electron chi connectivity index (χ4n) is 1.73. The van der Waals surface area contributed by atoms with Gasteiger partial charge in [-0.2, -0.15) is 0 Å². The van der Waals surface area contributed by atoms with Crippen molar-refractivity contribution >= 4 is 17.3 Å². The molecule has 1 aromatic carbocycles. The maximum absolute atomic E-state index is 12.0. The van der Waals surface area contributed by atoms with Gasteiger partial charge in [0.25, 0.3) is 11.6 Å². The molecule has 7 nitrogen and oxygen atoms in total. The van der Waals surface area contributed by atoms with Crippen LogP contribution in [0.1, 0.15) is 24.2 Å². The van der Waals surface area contributed by atoms with Gasteiger partial charge in [-0.3, -0.25) is 14.9 Å².